The number of rotatable bonds is 4. The second kappa shape index (κ2) is 7.25. The minimum atomic E-state index is 0.218. The van der Waals surface area contributed by atoms with E-state index in [2.05, 4.69) is 29.4 Å². The van der Waals surface area contributed by atoms with E-state index in [1.165, 1.54) is 25.8 Å². The predicted octanol–water partition coefficient (Wildman–Crippen LogP) is 1.37. The molecule has 110 valence electrons. The van der Waals surface area contributed by atoms with Crippen LogP contribution in [0.2, 0.25) is 0 Å². The summed E-state index contributed by atoms with van der Waals surface area (Å²) in [7, 11) is 0. The number of carbonyl (C=O) groups is 1. The van der Waals surface area contributed by atoms with Gasteiger partial charge in [-0.05, 0) is 52.2 Å². The van der Waals surface area contributed by atoms with Gasteiger partial charge in [0.05, 0.1) is 0 Å². The molecule has 0 radical (unpaired) electrons. The topological polar surface area (TPSA) is 44.4 Å². The maximum Gasteiger partial charge on any atom is 0.223 e. The lowest BCUT2D eigenvalue weighted by Gasteiger charge is -2.35. The molecule has 1 amide bonds. The zero-order valence-corrected chi connectivity index (χ0v) is 12.5. The van der Waals surface area contributed by atoms with E-state index in [0.29, 0.717) is 12.1 Å². The van der Waals surface area contributed by atoms with E-state index in [4.69, 9.17) is 0 Å². The van der Waals surface area contributed by atoms with Gasteiger partial charge in [-0.15, -0.1) is 0 Å². The number of nitrogens with one attached hydrogen (secondary N) is 2. The molecule has 2 aliphatic heterocycles. The smallest absolute Gasteiger partial charge is 0.223 e. The summed E-state index contributed by atoms with van der Waals surface area (Å²) in [6, 6.07) is 1.04. The summed E-state index contributed by atoms with van der Waals surface area (Å²) in [5.41, 5.74) is 0. The fourth-order valence-corrected chi connectivity index (χ4v) is 3.44. The molecule has 2 fully saturated rings. The van der Waals surface area contributed by atoms with Crippen LogP contribution in [0.4, 0.5) is 0 Å². The Morgan fingerprint density at radius 1 is 1.37 bits per heavy atom. The van der Waals surface area contributed by atoms with Gasteiger partial charge in [-0.2, -0.15) is 0 Å². The molecule has 4 heteroatoms. The van der Waals surface area contributed by atoms with Gasteiger partial charge in [0.15, 0.2) is 0 Å². The second-order valence-electron chi connectivity index (χ2n) is 6.10. The molecule has 0 aromatic heterocycles. The van der Waals surface area contributed by atoms with Crippen molar-refractivity contribution in [3.05, 3.63) is 0 Å². The number of amides is 1. The summed E-state index contributed by atoms with van der Waals surface area (Å²) in [5, 5.41) is 6.60. The zero-order chi connectivity index (χ0) is 13.7. The van der Waals surface area contributed by atoms with Gasteiger partial charge in [0.2, 0.25) is 5.91 Å². The molecule has 3 atom stereocenters. The summed E-state index contributed by atoms with van der Waals surface area (Å²) < 4.78 is 0. The molecule has 2 N–H and O–H groups in total. The van der Waals surface area contributed by atoms with Gasteiger partial charge >= 0.3 is 0 Å². The third-order valence-corrected chi connectivity index (χ3v) is 4.66. The Morgan fingerprint density at radius 2 is 2.21 bits per heavy atom. The van der Waals surface area contributed by atoms with E-state index in [1.54, 1.807) is 0 Å². The quantitative estimate of drug-likeness (QED) is 0.808. The summed E-state index contributed by atoms with van der Waals surface area (Å²) in [4.78, 5) is 14.7. The van der Waals surface area contributed by atoms with Crippen LogP contribution in [0, 0.1) is 5.92 Å². The number of likely N-dealkylation sites (tertiary alicyclic amines) is 1. The van der Waals surface area contributed by atoms with Crippen LogP contribution in [0.1, 0.15) is 46.0 Å². The van der Waals surface area contributed by atoms with E-state index in [-0.39, 0.29) is 11.8 Å². The van der Waals surface area contributed by atoms with Crippen LogP contribution in [0.25, 0.3) is 0 Å². The van der Waals surface area contributed by atoms with Crippen molar-refractivity contribution in [1.29, 1.82) is 0 Å². The Kier molecular flexibility index (Phi) is 5.64. The van der Waals surface area contributed by atoms with E-state index in [9.17, 15) is 4.79 Å². The monoisotopic (exact) mass is 267 g/mol. The summed E-state index contributed by atoms with van der Waals surface area (Å²) in [6.45, 7) is 8.50. The van der Waals surface area contributed by atoms with E-state index in [1.807, 2.05) is 0 Å². The van der Waals surface area contributed by atoms with Crippen LogP contribution in [-0.4, -0.2) is 49.1 Å². The lowest BCUT2D eigenvalue weighted by molar-refractivity contribution is -0.126. The maximum absolute atomic E-state index is 12.2. The number of hydrogen-bond donors (Lipinski definition) is 2. The molecule has 1 unspecified atom stereocenters. The van der Waals surface area contributed by atoms with Crippen LogP contribution >= 0.6 is 0 Å². The minimum absolute atomic E-state index is 0.218. The largest absolute Gasteiger partial charge is 0.354 e. The molecule has 0 aromatic rings. The number of nitrogens with zero attached hydrogens (tertiary/aromatic N) is 1. The SMILES string of the molecule is CCN1CCCCC1CNC(=O)[C@H]1CCN[C@@H](C)C1. The van der Waals surface area contributed by atoms with E-state index >= 15 is 0 Å². The molecule has 2 heterocycles. The molecule has 0 saturated carbocycles. The van der Waals surface area contributed by atoms with Crippen molar-refractivity contribution in [3.63, 3.8) is 0 Å². The second-order valence-corrected chi connectivity index (χ2v) is 6.10. The first-order valence-electron chi connectivity index (χ1n) is 7.95. The van der Waals surface area contributed by atoms with Crippen LogP contribution in [0.5, 0.6) is 0 Å². The Balaban J connectivity index is 1.75. The first kappa shape index (κ1) is 14.8. The van der Waals surface area contributed by atoms with Crippen molar-refractivity contribution in [2.75, 3.05) is 26.2 Å². The number of hydrogen-bond acceptors (Lipinski definition) is 3. The highest BCUT2D eigenvalue weighted by atomic mass is 16.1. The summed E-state index contributed by atoms with van der Waals surface area (Å²) in [6.07, 6.45) is 5.81. The first-order chi connectivity index (χ1) is 9.20. The van der Waals surface area contributed by atoms with Gasteiger partial charge in [0, 0.05) is 24.5 Å². The van der Waals surface area contributed by atoms with Crippen molar-refractivity contribution in [3.8, 4) is 0 Å². The molecule has 0 aliphatic carbocycles. The summed E-state index contributed by atoms with van der Waals surface area (Å²) >= 11 is 0. The van der Waals surface area contributed by atoms with Crippen molar-refractivity contribution in [2.45, 2.75) is 58.0 Å². The molecular formula is C15H29N3O. The molecule has 4 nitrogen and oxygen atoms in total. The van der Waals surface area contributed by atoms with Crippen molar-refractivity contribution < 1.29 is 4.79 Å². The zero-order valence-electron chi connectivity index (χ0n) is 12.5. The Bertz CT molecular complexity index is 295. The van der Waals surface area contributed by atoms with Crippen LogP contribution in [0.3, 0.4) is 0 Å². The lowest BCUT2D eigenvalue weighted by Crippen LogP contribution is -2.49. The molecule has 2 rings (SSSR count). The van der Waals surface area contributed by atoms with Gasteiger partial charge in [-0.1, -0.05) is 13.3 Å². The molecule has 0 spiro atoms. The third-order valence-electron chi connectivity index (χ3n) is 4.66. The number of piperidine rings is 2. The maximum atomic E-state index is 12.2. The molecule has 0 aromatic carbocycles. The van der Waals surface area contributed by atoms with Crippen molar-refractivity contribution in [1.82, 2.24) is 15.5 Å². The average molecular weight is 267 g/mol. The normalized spacial score (nSPS) is 33.1. The van der Waals surface area contributed by atoms with Crippen LogP contribution < -0.4 is 10.6 Å². The first-order valence-corrected chi connectivity index (χ1v) is 7.95. The minimum Gasteiger partial charge on any atom is -0.354 e. The highest BCUT2D eigenvalue weighted by Gasteiger charge is 2.26. The highest BCUT2D eigenvalue weighted by molar-refractivity contribution is 5.78. The Morgan fingerprint density at radius 3 is 2.95 bits per heavy atom. The van der Waals surface area contributed by atoms with Crippen LogP contribution in [0.15, 0.2) is 0 Å². The molecule has 19 heavy (non-hydrogen) atoms. The third kappa shape index (κ3) is 4.18. The van der Waals surface area contributed by atoms with Gasteiger partial charge in [-0.3, -0.25) is 9.69 Å². The Hall–Kier alpha value is -0.610. The highest BCUT2D eigenvalue weighted by Crippen LogP contribution is 2.18. The Labute approximate surface area is 117 Å². The standard InChI is InChI=1S/C15H29N3O/c1-3-18-9-5-4-6-14(18)11-17-15(19)13-7-8-16-12(2)10-13/h12-14,16H,3-11H2,1-2H3,(H,17,19)/t12-,13-,14?/m0/s1. The van der Waals surface area contributed by atoms with Crippen LogP contribution in [-0.2, 0) is 4.79 Å². The predicted molar refractivity (Wildman–Crippen MR) is 78.1 cm³/mol. The average Bonchev–Trinajstić information content (AvgIpc) is 2.45. The van der Waals surface area contributed by atoms with E-state index in [0.717, 1.165) is 32.5 Å². The molecular weight excluding hydrogens is 238 g/mol. The van der Waals surface area contributed by atoms with Crippen molar-refractivity contribution >= 4 is 5.91 Å². The summed E-state index contributed by atoms with van der Waals surface area (Å²) in [5.74, 6) is 0.491. The van der Waals surface area contributed by atoms with Crippen molar-refractivity contribution in [2.24, 2.45) is 5.92 Å². The molecule has 2 saturated heterocycles. The van der Waals surface area contributed by atoms with E-state index < -0.39 is 0 Å². The molecule has 0 bridgehead atoms. The molecule has 2 aliphatic rings. The fraction of sp³-hybridized carbons (Fsp3) is 0.933. The lowest BCUT2D eigenvalue weighted by atomic mass is 9.92. The van der Waals surface area contributed by atoms with Gasteiger partial charge in [-0.25, -0.2) is 0 Å². The fourth-order valence-electron chi connectivity index (χ4n) is 3.44. The van der Waals surface area contributed by atoms with Gasteiger partial charge in [0.1, 0.15) is 0 Å². The van der Waals surface area contributed by atoms with Gasteiger partial charge in [0.25, 0.3) is 0 Å². The number of likely N-dealkylation sites (N-methyl/N-ethyl adjacent to an activating group) is 1. The van der Waals surface area contributed by atoms with Gasteiger partial charge < -0.3 is 10.6 Å². The number of carbonyl (C=O) groups excluding carboxylic acids is 1.